The number of hydrogen-bond donors (Lipinski definition) is 1. The minimum atomic E-state index is -3.89. The molecule has 0 fully saturated rings. The van der Waals surface area contributed by atoms with Crippen molar-refractivity contribution >= 4 is 27.5 Å². The van der Waals surface area contributed by atoms with Crippen LogP contribution in [-0.2, 0) is 32.6 Å². The standard InChI is InChI=1S/C29H33N3O7S/c1-4-30-29(34)25(16-21-9-6-5-7-10-21)31(18-22-11-8-12-24(15-22)37-2)28(33)19-32(40(3,35)36)23-13-14-26-27(17-23)39-20-38-26/h5-15,17,25H,4,16,18-20H2,1-3H3,(H,30,34)/t25-/m1/s1. The average molecular weight is 568 g/mol. The topological polar surface area (TPSA) is 114 Å². The van der Waals surface area contributed by atoms with Gasteiger partial charge in [0, 0.05) is 25.6 Å². The summed E-state index contributed by atoms with van der Waals surface area (Å²) in [6.45, 7) is 1.74. The molecule has 1 N–H and O–H groups in total. The van der Waals surface area contributed by atoms with Gasteiger partial charge in [-0.05, 0) is 42.3 Å². The lowest BCUT2D eigenvalue weighted by Gasteiger charge is -2.33. The molecule has 212 valence electrons. The van der Waals surface area contributed by atoms with E-state index in [-0.39, 0.29) is 31.4 Å². The summed E-state index contributed by atoms with van der Waals surface area (Å²) < 4.78 is 42.9. The minimum absolute atomic E-state index is 0.0264. The second-order valence-electron chi connectivity index (χ2n) is 9.28. The van der Waals surface area contributed by atoms with E-state index in [1.165, 1.54) is 11.0 Å². The maximum atomic E-state index is 14.1. The van der Waals surface area contributed by atoms with Gasteiger partial charge in [-0.15, -0.1) is 0 Å². The van der Waals surface area contributed by atoms with E-state index in [1.54, 1.807) is 44.4 Å². The first-order chi connectivity index (χ1) is 19.2. The summed E-state index contributed by atoms with van der Waals surface area (Å²) in [5.41, 5.74) is 1.83. The van der Waals surface area contributed by atoms with Gasteiger partial charge in [-0.3, -0.25) is 13.9 Å². The molecule has 1 aliphatic rings. The van der Waals surface area contributed by atoms with Crippen molar-refractivity contribution in [1.82, 2.24) is 10.2 Å². The van der Waals surface area contributed by atoms with Crippen LogP contribution >= 0.6 is 0 Å². The van der Waals surface area contributed by atoms with Crippen LogP contribution in [0.4, 0.5) is 5.69 Å². The van der Waals surface area contributed by atoms with Crippen molar-refractivity contribution in [2.45, 2.75) is 25.9 Å². The Bertz CT molecular complexity index is 1450. The van der Waals surface area contributed by atoms with E-state index < -0.39 is 28.5 Å². The van der Waals surface area contributed by atoms with Crippen LogP contribution in [0.2, 0.25) is 0 Å². The lowest BCUT2D eigenvalue weighted by molar-refractivity contribution is -0.140. The van der Waals surface area contributed by atoms with E-state index in [0.717, 1.165) is 21.7 Å². The normalized spacial score (nSPS) is 12.9. The van der Waals surface area contributed by atoms with Gasteiger partial charge in [-0.25, -0.2) is 8.42 Å². The van der Waals surface area contributed by atoms with Crippen LogP contribution in [0.3, 0.4) is 0 Å². The first kappa shape index (κ1) is 28.8. The molecule has 40 heavy (non-hydrogen) atoms. The maximum absolute atomic E-state index is 14.1. The van der Waals surface area contributed by atoms with Crippen molar-refractivity contribution in [1.29, 1.82) is 0 Å². The molecule has 0 saturated heterocycles. The van der Waals surface area contributed by atoms with Gasteiger partial charge in [-0.2, -0.15) is 0 Å². The number of carbonyl (C=O) groups excluding carboxylic acids is 2. The Balaban J connectivity index is 1.72. The Morgan fingerprint density at radius 3 is 2.40 bits per heavy atom. The Kier molecular flexibility index (Phi) is 9.15. The molecule has 1 aliphatic heterocycles. The minimum Gasteiger partial charge on any atom is -0.497 e. The first-order valence-electron chi connectivity index (χ1n) is 12.8. The zero-order valence-electron chi connectivity index (χ0n) is 22.7. The number of likely N-dealkylation sites (N-methyl/N-ethyl adjacent to an activating group) is 1. The third-order valence-corrected chi connectivity index (χ3v) is 7.57. The third-order valence-electron chi connectivity index (χ3n) is 6.43. The molecule has 3 aromatic carbocycles. The van der Waals surface area contributed by atoms with Crippen LogP contribution in [-0.4, -0.2) is 64.4 Å². The number of methoxy groups -OCH3 is 1. The van der Waals surface area contributed by atoms with E-state index in [1.807, 2.05) is 36.4 Å². The number of nitrogens with zero attached hydrogens (tertiary/aromatic N) is 2. The van der Waals surface area contributed by atoms with E-state index in [2.05, 4.69) is 5.32 Å². The van der Waals surface area contributed by atoms with E-state index in [4.69, 9.17) is 14.2 Å². The van der Waals surface area contributed by atoms with Gasteiger partial charge in [-0.1, -0.05) is 42.5 Å². The highest BCUT2D eigenvalue weighted by Crippen LogP contribution is 2.36. The van der Waals surface area contributed by atoms with Gasteiger partial charge in [0.2, 0.25) is 28.6 Å². The van der Waals surface area contributed by atoms with Crippen LogP contribution in [0.15, 0.2) is 72.8 Å². The van der Waals surface area contributed by atoms with Gasteiger partial charge in [0.05, 0.1) is 19.1 Å². The van der Waals surface area contributed by atoms with E-state index >= 15 is 0 Å². The van der Waals surface area contributed by atoms with E-state index in [0.29, 0.717) is 23.8 Å². The molecule has 11 heteroatoms. The fourth-order valence-corrected chi connectivity index (χ4v) is 5.31. The number of amides is 2. The van der Waals surface area contributed by atoms with Gasteiger partial charge >= 0.3 is 0 Å². The summed E-state index contributed by atoms with van der Waals surface area (Å²) in [7, 11) is -2.35. The number of carbonyl (C=O) groups is 2. The molecule has 3 aromatic rings. The highest BCUT2D eigenvalue weighted by molar-refractivity contribution is 7.92. The lowest BCUT2D eigenvalue weighted by atomic mass is 10.0. The number of fused-ring (bicyclic) bond motifs is 1. The fraction of sp³-hybridized carbons (Fsp3) is 0.310. The number of ether oxygens (including phenoxy) is 3. The third kappa shape index (κ3) is 7.03. The number of sulfonamides is 1. The summed E-state index contributed by atoms with van der Waals surface area (Å²) in [5, 5.41) is 2.83. The summed E-state index contributed by atoms with van der Waals surface area (Å²) in [4.78, 5) is 28.9. The van der Waals surface area contributed by atoms with Crippen LogP contribution < -0.4 is 23.8 Å². The SMILES string of the molecule is CCNC(=O)[C@@H](Cc1ccccc1)N(Cc1cccc(OC)c1)C(=O)CN(c1ccc2c(c1)OCO2)S(C)(=O)=O. The zero-order chi connectivity index (χ0) is 28.7. The number of anilines is 1. The van der Waals surface area contributed by atoms with Gasteiger partial charge < -0.3 is 24.4 Å². The molecule has 0 bridgehead atoms. The summed E-state index contributed by atoms with van der Waals surface area (Å²) in [6.07, 6.45) is 1.27. The highest BCUT2D eigenvalue weighted by atomic mass is 32.2. The molecule has 2 amide bonds. The summed E-state index contributed by atoms with van der Waals surface area (Å²) >= 11 is 0. The van der Waals surface area contributed by atoms with Gasteiger partial charge in [0.1, 0.15) is 18.3 Å². The molecule has 0 saturated carbocycles. The van der Waals surface area contributed by atoms with Crippen LogP contribution in [0.1, 0.15) is 18.1 Å². The smallest absolute Gasteiger partial charge is 0.244 e. The van der Waals surface area contributed by atoms with Gasteiger partial charge in [0.25, 0.3) is 0 Å². The van der Waals surface area contributed by atoms with Crippen molar-refractivity contribution in [3.8, 4) is 17.2 Å². The van der Waals surface area contributed by atoms with Crippen LogP contribution in [0.5, 0.6) is 17.2 Å². The van der Waals surface area contributed by atoms with E-state index in [9.17, 15) is 18.0 Å². The number of rotatable bonds is 12. The number of nitrogens with one attached hydrogen (secondary N) is 1. The van der Waals surface area contributed by atoms with Crippen molar-refractivity contribution in [3.05, 3.63) is 83.9 Å². The van der Waals surface area contributed by atoms with Gasteiger partial charge in [0.15, 0.2) is 11.5 Å². The van der Waals surface area contributed by atoms with Crippen molar-refractivity contribution in [2.75, 3.05) is 37.6 Å². The predicted molar refractivity (Wildman–Crippen MR) is 151 cm³/mol. The summed E-state index contributed by atoms with van der Waals surface area (Å²) in [5.74, 6) is 0.591. The monoisotopic (exact) mass is 567 g/mol. The molecule has 0 aromatic heterocycles. The largest absolute Gasteiger partial charge is 0.497 e. The number of hydrogen-bond acceptors (Lipinski definition) is 7. The first-order valence-corrected chi connectivity index (χ1v) is 14.7. The molecule has 4 rings (SSSR count). The molecule has 0 spiro atoms. The second-order valence-corrected chi connectivity index (χ2v) is 11.2. The summed E-state index contributed by atoms with van der Waals surface area (Å²) in [6, 6.07) is 20.3. The second kappa shape index (κ2) is 12.7. The molecular formula is C29H33N3O7S. The van der Waals surface area contributed by atoms with Crippen molar-refractivity contribution < 1.29 is 32.2 Å². The Labute approximate surface area is 234 Å². The Morgan fingerprint density at radius 2 is 1.70 bits per heavy atom. The van der Waals surface area contributed by atoms with Crippen molar-refractivity contribution in [3.63, 3.8) is 0 Å². The fourth-order valence-electron chi connectivity index (χ4n) is 4.47. The Hall–Kier alpha value is -4.25. The van der Waals surface area contributed by atoms with Crippen LogP contribution in [0.25, 0.3) is 0 Å². The zero-order valence-corrected chi connectivity index (χ0v) is 23.5. The lowest BCUT2D eigenvalue weighted by Crippen LogP contribution is -2.53. The maximum Gasteiger partial charge on any atom is 0.244 e. The molecule has 0 radical (unpaired) electrons. The van der Waals surface area contributed by atoms with Crippen molar-refractivity contribution in [2.24, 2.45) is 0 Å². The molecule has 1 atom stereocenters. The number of benzene rings is 3. The van der Waals surface area contributed by atoms with Crippen LogP contribution in [0, 0.1) is 0 Å². The molecular weight excluding hydrogens is 534 g/mol. The Morgan fingerprint density at radius 1 is 0.975 bits per heavy atom. The average Bonchev–Trinajstić information content (AvgIpc) is 3.41. The quantitative estimate of drug-likeness (QED) is 0.358. The highest BCUT2D eigenvalue weighted by Gasteiger charge is 2.33. The molecule has 0 unspecified atom stereocenters. The molecule has 1 heterocycles. The predicted octanol–water partition coefficient (Wildman–Crippen LogP) is 2.97. The molecule has 0 aliphatic carbocycles. The molecule has 10 nitrogen and oxygen atoms in total.